The molecule has 0 saturated carbocycles. The molecule has 0 unspecified atom stereocenters. The summed E-state index contributed by atoms with van der Waals surface area (Å²) in [5.74, 6) is -0.804. The summed E-state index contributed by atoms with van der Waals surface area (Å²) >= 11 is 0. The first-order chi connectivity index (χ1) is 28.1. The van der Waals surface area contributed by atoms with E-state index in [9.17, 15) is 14.4 Å². The van der Waals surface area contributed by atoms with Gasteiger partial charge in [0, 0.05) is 62.3 Å². The predicted octanol–water partition coefficient (Wildman–Crippen LogP) is 8.10. The Morgan fingerprint density at radius 3 is 2.29 bits per heavy atom. The number of nitrogens with one attached hydrogen (secondary N) is 2. The first-order valence-corrected chi connectivity index (χ1v) is 19.2. The summed E-state index contributed by atoms with van der Waals surface area (Å²) in [6.45, 7) is 6.34. The van der Waals surface area contributed by atoms with Crippen LogP contribution in [0.2, 0.25) is 0 Å². The number of fused-ring (bicyclic) bond motifs is 2. The van der Waals surface area contributed by atoms with Gasteiger partial charge in [0.1, 0.15) is 5.58 Å². The van der Waals surface area contributed by atoms with Gasteiger partial charge in [-0.25, -0.2) is 0 Å². The molecule has 0 bridgehead atoms. The highest BCUT2D eigenvalue weighted by atomic mass is 16.5. The monoisotopic (exact) mass is 778 g/mol. The molecule has 0 aliphatic carbocycles. The molecule has 12 nitrogen and oxygen atoms in total. The number of pyridine rings is 1. The van der Waals surface area contributed by atoms with E-state index in [0.717, 1.165) is 67.0 Å². The minimum absolute atomic E-state index is 0.117. The Labute approximate surface area is 336 Å². The van der Waals surface area contributed by atoms with Crippen LogP contribution in [-0.4, -0.2) is 52.2 Å². The van der Waals surface area contributed by atoms with Crippen LogP contribution in [0, 0.1) is 6.92 Å². The van der Waals surface area contributed by atoms with Crippen LogP contribution >= 0.6 is 0 Å². The third-order valence-corrected chi connectivity index (χ3v) is 10.1. The van der Waals surface area contributed by atoms with Crippen LogP contribution in [-0.2, 0) is 33.0 Å². The van der Waals surface area contributed by atoms with Crippen LogP contribution in [0.25, 0.3) is 21.9 Å². The van der Waals surface area contributed by atoms with Gasteiger partial charge in [-0.1, -0.05) is 49.2 Å². The van der Waals surface area contributed by atoms with Crippen LogP contribution in [0.3, 0.4) is 0 Å². The van der Waals surface area contributed by atoms with Gasteiger partial charge in [-0.05, 0) is 84.5 Å². The van der Waals surface area contributed by atoms with Gasteiger partial charge in [-0.15, -0.1) is 0 Å². The van der Waals surface area contributed by atoms with E-state index in [4.69, 9.17) is 13.9 Å². The maximum Gasteiger partial charge on any atom is 0.291 e. The molecule has 2 N–H and O–H groups in total. The normalized spacial score (nSPS) is 11.3. The van der Waals surface area contributed by atoms with Gasteiger partial charge >= 0.3 is 0 Å². The summed E-state index contributed by atoms with van der Waals surface area (Å²) in [5, 5.41) is 11.6. The number of carbonyl (C=O) groups excluding carboxylic acids is 2. The quantitative estimate of drug-likeness (QED) is 0.106. The lowest BCUT2D eigenvalue weighted by atomic mass is 10.1. The molecule has 0 radical (unpaired) electrons. The highest BCUT2D eigenvalue weighted by molar-refractivity contribution is 6.12. The molecule has 0 saturated heterocycles. The Balaban J connectivity index is 1.06. The number of rotatable bonds is 15. The van der Waals surface area contributed by atoms with E-state index in [0.29, 0.717) is 22.6 Å². The molecule has 0 atom stereocenters. The van der Waals surface area contributed by atoms with E-state index < -0.39 is 11.8 Å². The van der Waals surface area contributed by atoms with E-state index in [-0.39, 0.29) is 28.0 Å². The zero-order chi connectivity index (χ0) is 40.8. The molecule has 12 heteroatoms. The predicted molar refractivity (Wildman–Crippen MR) is 226 cm³/mol. The standard InChI is InChI=1S/C46H46N6O6/c1-6-7-31-19-33(25-47-24-31)28-52(27-32-11-14-39-34(20-32)26-48-51(39)3)17-16-30-9-12-35(13-10-30)49-45(54)36-21-42(56-4)43(57-5)22-38(36)50-46(55)44-23-40(53)37-18-29(2)8-15-41(37)58-44/h8-15,18-26H,6-7,16-17,27-28H2,1-5H3,(H,49,54)(H,50,55). The van der Waals surface area contributed by atoms with Crippen LogP contribution in [0.1, 0.15) is 62.1 Å². The van der Waals surface area contributed by atoms with Crippen molar-refractivity contribution in [1.29, 1.82) is 0 Å². The second-order valence-corrected chi connectivity index (χ2v) is 14.4. The maximum atomic E-state index is 13.8. The zero-order valence-electron chi connectivity index (χ0n) is 33.3. The fraction of sp³-hybridized carbons (Fsp3) is 0.239. The molecule has 7 rings (SSSR count). The van der Waals surface area contributed by atoms with E-state index in [1.165, 1.54) is 43.0 Å². The smallest absolute Gasteiger partial charge is 0.291 e. The lowest BCUT2D eigenvalue weighted by Gasteiger charge is -2.23. The average Bonchev–Trinajstić information content (AvgIpc) is 3.59. The number of amides is 2. The van der Waals surface area contributed by atoms with Crippen molar-refractivity contribution in [2.45, 2.75) is 46.2 Å². The second-order valence-electron chi connectivity index (χ2n) is 14.4. The Bertz CT molecular complexity index is 2670. The number of carbonyl (C=O) groups is 2. The summed E-state index contributed by atoms with van der Waals surface area (Å²) in [7, 11) is 4.87. The summed E-state index contributed by atoms with van der Waals surface area (Å²) in [6, 6.07) is 25.7. The zero-order valence-corrected chi connectivity index (χ0v) is 33.3. The number of aromatic nitrogens is 3. The number of aryl methyl sites for hydroxylation is 3. The third-order valence-electron chi connectivity index (χ3n) is 10.1. The molecule has 3 aromatic heterocycles. The van der Waals surface area contributed by atoms with Crippen molar-refractivity contribution >= 4 is 45.1 Å². The van der Waals surface area contributed by atoms with Gasteiger partial charge in [0.25, 0.3) is 11.8 Å². The lowest BCUT2D eigenvalue weighted by Crippen LogP contribution is -2.25. The van der Waals surface area contributed by atoms with Crippen molar-refractivity contribution in [2.75, 3.05) is 31.4 Å². The van der Waals surface area contributed by atoms with Crippen molar-refractivity contribution in [3.63, 3.8) is 0 Å². The Kier molecular flexibility index (Phi) is 11.9. The molecule has 0 aliphatic rings. The number of methoxy groups -OCH3 is 2. The SMILES string of the molecule is CCCc1cncc(CN(CCc2ccc(NC(=O)c3cc(OC)c(OC)cc3NC(=O)c3cc(=O)c4cc(C)ccc4o3)cc2)Cc2ccc3c(cnn3C)c2)c1. The minimum atomic E-state index is -0.707. The molecular formula is C46H46N6O6. The van der Waals surface area contributed by atoms with E-state index in [1.54, 1.807) is 18.2 Å². The number of nitrogens with zero attached hydrogens (tertiary/aromatic N) is 4. The van der Waals surface area contributed by atoms with Gasteiger partial charge in [-0.2, -0.15) is 5.10 Å². The van der Waals surface area contributed by atoms with Crippen molar-refractivity contribution < 1.29 is 23.5 Å². The molecule has 0 aliphatic heterocycles. The first kappa shape index (κ1) is 39.4. The molecular weight excluding hydrogens is 733 g/mol. The van der Waals surface area contributed by atoms with Crippen LogP contribution in [0.15, 0.2) is 113 Å². The Hall–Kier alpha value is -6.79. The Morgan fingerprint density at radius 1 is 0.776 bits per heavy atom. The number of hydrogen-bond acceptors (Lipinski definition) is 9. The van der Waals surface area contributed by atoms with Crippen LogP contribution in [0.5, 0.6) is 11.5 Å². The Morgan fingerprint density at radius 2 is 1.52 bits per heavy atom. The second kappa shape index (κ2) is 17.6. The van der Waals surface area contributed by atoms with Crippen molar-refractivity contribution in [3.8, 4) is 11.5 Å². The minimum Gasteiger partial charge on any atom is -0.493 e. The van der Waals surface area contributed by atoms with Gasteiger partial charge < -0.3 is 24.5 Å². The largest absolute Gasteiger partial charge is 0.493 e. The number of hydrogen-bond donors (Lipinski definition) is 2. The number of ether oxygens (including phenoxy) is 2. The van der Waals surface area contributed by atoms with E-state index >= 15 is 0 Å². The summed E-state index contributed by atoms with van der Waals surface area (Å²) in [4.78, 5) is 47.1. The van der Waals surface area contributed by atoms with E-state index in [1.807, 2.05) is 61.5 Å². The molecule has 7 aromatic rings. The highest BCUT2D eigenvalue weighted by Gasteiger charge is 2.21. The third kappa shape index (κ3) is 9.08. The van der Waals surface area contributed by atoms with Crippen molar-refractivity contribution in [1.82, 2.24) is 19.7 Å². The molecule has 3 heterocycles. The van der Waals surface area contributed by atoms with Gasteiger partial charge in [0.2, 0.25) is 0 Å². The number of anilines is 2. The number of benzene rings is 4. The fourth-order valence-electron chi connectivity index (χ4n) is 7.07. The van der Waals surface area contributed by atoms with Crippen LogP contribution < -0.4 is 25.5 Å². The first-order valence-electron chi connectivity index (χ1n) is 19.2. The van der Waals surface area contributed by atoms with Gasteiger partial charge in [-0.3, -0.25) is 28.9 Å². The topological polar surface area (TPSA) is 141 Å². The summed E-state index contributed by atoms with van der Waals surface area (Å²) in [5.41, 5.74) is 7.47. The summed E-state index contributed by atoms with van der Waals surface area (Å²) < 4.78 is 18.6. The van der Waals surface area contributed by atoms with E-state index in [2.05, 4.69) is 56.8 Å². The molecule has 0 spiro atoms. The molecule has 58 heavy (non-hydrogen) atoms. The van der Waals surface area contributed by atoms with Gasteiger partial charge in [0.15, 0.2) is 22.7 Å². The van der Waals surface area contributed by atoms with Gasteiger partial charge in [0.05, 0.1) is 42.6 Å². The van der Waals surface area contributed by atoms with Crippen molar-refractivity contribution in [2.24, 2.45) is 7.05 Å². The average molecular weight is 779 g/mol. The van der Waals surface area contributed by atoms with Crippen molar-refractivity contribution in [3.05, 3.63) is 153 Å². The molecule has 2 amide bonds. The lowest BCUT2D eigenvalue weighted by molar-refractivity contribution is 0.0997. The summed E-state index contributed by atoms with van der Waals surface area (Å²) in [6.07, 6.45) is 8.64. The molecule has 296 valence electrons. The fourth-order valence-corrected chi connectivity index (χ4v) is 7.07. The highest BCUT2D eigenvalue weighted by Crippen LogP contribution is 2.34. The maximum absolute atomic E-state index is 13.8. The molecule has 4 aromatic carbocycles. The van der Waals surface area contributed by atoms with Crippen LogP contribution in [0.4, 0.5) is 11.4 Å². The molecule has 0 fully saturated rings.